The van der Waals surface area contributed by atoms with Crippen LogP contribution < -0.4 is 0 Å². The average molecular weight is 290 g/mol. The Morgan fingerprint density at radius 3 is 1.05 bits per heavy atom. The third-order valence-corrected chi connectivity index (χ3v) is 3.72. The highest BCUT2D eigenvalue weighted by molar-refractivity contribution is 4.60. The molecule has 0 bridgehead atoms. The molecular formula is C16H34O4. The topological polar surface area (TPSA) is 80.9 Å². The molecular weight excluding hydrogens is 256 g/mol. The fourth-order valence-electron chi connectivity index (χ4n) is 2.39. The van der Waals surface area contributed by atoms with Crippen molar-refractivity contribution in [2.24, 2.45) is 0 Å². The summed E-state index contributed by atoms with van der Waals surface area (Å²) < 4.78 is 0. The van der Waals surface area contributed by atoms with Crippen molar-refractivity contribution in [1.29, 1.82) is 0 Å². The van der Waals surface area contributed by atoms with Crippen LogP contribution in [0, 0.1) is 0 Å². The van der Waals surface area contributed by atoms with E-state index < -0.39 is 0 Å². The Labute approximate surface area is 123 Å². The Morgan fingerprint density at radius 1 is 0.450 bits per heavy atom. The highest BCUT2D eigenvalue weighted by Crippen LogP contribution is 2.14. The minimum Gasteiger partial charge on any atom is -0.396 e. The number of rotatable bonds is 15. The molecule has 0 aromatic heterocycles. The van der Waals surface area contributed by atoms with Gasteiger partial charge in [-0.15, -0.1) is 0 Å². The van der Waals surface area contributed by atoms with E-state index in [1.54, 1.807) is 0 Å². The normalized spacial score (nSPS) is 14.4. The molecule has 20 heavy (non-hydrogen) atoms. The van der Waals surface area contributed by atoms with Gasteiger partial charge < -0.3 is 20.4 Å². The van der Waals surface area contributed by atoms with E-state index in [1.165, 1.54) is 0 Å². The Bertz CT molecular complexity index is 167. The van der Waals surface area contributed by atoms with Gasteiger partial charge in [-0.2, -0.15) is 0 Å². The Morgan fingerprint density at radius 2 is 0.750 bits per heavy atom. The molecule has 0 amide bonds. The summed E-state index contributed by atoms with van der Waals surface area (Å²) in [5.41, 5.74) is 0. The molecule has 4 heteroatoms. The fraction of sp³-hybridized carbons (Fsp3) is 1.00. The van der Waals surface area contributed by atoms with E-state index >= 15 is 0 Å². The molecule has 0 heterocycles. The predicted molar refractivity (Wildman–Crippen MR) is 81.6 cm³/mol. The first-order chi connectivity index (χ1) is 9.70. The summed E-state index contributed by atoms with van der Waals surface area (Å²) in [5.74, 6) is 0. The van der Waals surface area contributed by atoms with Crippen molar-refractivity contribution in [3.8, 4) is 0 Å². The van der Waals surface area contributed by atoms with Crippen LogP contribution in [0.15, 0.2) is 0 Å². The molecule has 0 radical (unpaired) electrons. The number of hydrogen-bond donors (Lipinski definition) is 4. The molecule has 2 atom stereocenters. The van der Waals surface area contributed by atoms with Crippen LogP contribution in [0.25, 0.3) is 0 Å². The number of aliphatic hydroxyl groups excluding tert-OH is 4. The fourth-order valence-corrected chi connectivity index (χ4v) is 2.39. The van der Waals surface area contributed by atoms with Gasteiger partial charge in [-0.25, -0.2) is 0 Å². The summed E-state index contributed by atoms with van der Waals surface area (Å²) in [7, 11) is 0. The minimum absolute atomic E-state index is 0.226. The van der Waals surface area contributed by atoms with E-state index in [4.69, 9.17) is 10.2 Å². The molecule has 0 aliphatic heterocycles. The zero-order valence-electron chi connectivity index (χ0n) is 12.8. The second-order valence-corrected chi connectivity index (χ2v) is 5.74. The molecule has 0 saturated carbocycles. The maximum absolute atomic E-state index is 9.77. The molecule has 2 unspecified atom stereocenters. The lowest BCUT2D eigenvalue weighted by Crippen LogP contribution is -2.09. The van der Waals surface area contributed by atoms with Gasteiger partial charge in [0.1, 0.15) is 0 Å². The molecule has 0 aromatic carbocycles. The summed E-state index contributed by atoms with van der Waals surface area (Å²) in [6, 6.07) is 0. The van der Waals surface area contributed by atoms with Gasteiger partial charge in [-0.05, 0) is 38.5 Å². The molecule has 0 aliphatic rings. The van der Waals surface area contributed by atoms with Crippen LogP contribution in [0.3, 0.4) is 0 Å². The van der Waals surface area contributed by atoms with Crippen LogP contribution in [0.4, 0.5) is 0 Å². The molecule has 0 saturated heterocycles. The van der Waals surface area contributed by atoms with E-state index in [1.807, 2.05) is 0 Å². The molecule has 0 aromatic rings. The Balaban J connectivity index is 3.28. The lowest BCUT2D eigenvalue weighted by atomic mass is 10.0. The van der Waals surface area contributed by atoms with Crippen molar-refractivity contribution < 1.29 is 20.4 Å². The Kier molecular flexibility index (Phi) is 15.1. The monoisotopic (exact) mass is 290 g/mol. The number of unbranched alkanes of at least 4 members (excludes halogenated alkanes) is 5. The molecule has 0 aliphatic carbocycles. The lowest BCUT2D eigenvalue weighted by Gasteiger charge is -2.12. The third-order valence-electron chi connectivity index (χ3n) is 3.72. The van der Waals surface area contributed by atoms with E-state index in [2.05, 4.69) is 0 Å². The van der Waals surface area contributed by atoms with Crippen LogP contribution >= 0.6 is 0 Å². The van der Waals surface area contributed by atoms with Crippen molar-refractivity contribution in [3.05, 3.63) is 0 Å². The van der Waals surface area contributed by atoms with Crippen LogP contribution in [-0.2, 0) is 0 Å². The van der Waals surface area contributed by atoms with Gasteiger partial charge in [0.2, 0.25) is 0 Å². The van der Waals surface area contributed by atoms with Gasteiger partial charge in [-0.3, -0.25) is 0 Å². The highest BCUT2D eigenvalue weighted by atomic mass is 16.3. The maximum Gasteiger partial charge on any atom is 0.0540 e. The molecule has 0 rings (SSSR count). The van der Waals surface area contributed by atoms with E-state index in [-0.39, 0.29) is 25.4 Å². The molecule has 0 fully saturated rings. The standard InChI is InChI=1S/C16H34O4/c17-13-7-1-3-9-15(19)11-5-6-12-16(20)10-4-2-8-14-18/h15-20H,1-14H2. The quantitative estimate of drug-likeness (QED) is 0.349. The van der Waals surface area contributed by atoms with Gasteiger partial charge in [0.05, 0.1) is 12.2 Å². The van der Waals surface area contributed by atoms with E-state index in [9.17, 15) is 10.2 Å². The highest BCUT2D eigenvalue weighted by Gasteiger charge is 2.06. The first-order valence-electron chi connectivity index (χ1n) is 8.28. The third kappa shape index (κ3) is 14.3. The number of hydrogen-bond acceptors (Lipinski definition) is 4. The SMILES string of the molecule is OCCCCCC(O)CCCCC(O)CCCCCO. The van der Waals surface area contributed by atoms with Crippen LogP contribution in [0.1, 0.15) is 77.0 Å². The van der Waals surface area contributed by atoms with E-state index in [0.717, 1.165) is 77.0 Å². The molecule has 122 valence electrons. The maximum atomic E-state index is 9.77. The summed E-state index contributed by atoms with van der Waals surface area (Å²) in [4.78, 5) is 0. The second kappa shape index (κ2) is 15.2. The van der Waals surface area contributed by atoms with Gasteiger partial charge in [-0.1, -0.05) is 38.5 Å². The van der Waals surface area contributed by atoms with Crippen molar-refractivity contribution in [1.82, 2.24) is 0 Å². The second-order valence-electron chi connectivity index (χ2n) is 5.74. The van der Waals surface area contributed by atoms with Crippen molar-refractivity contribution in [2.75, 3.05) is 13.2 Å². The molecule has 0 spiro atoms. The van der Waals surface area contributed by atoms with Gasteiger partial charge in [0.15, 0.2) is 0 Å². The summed E-state index contributed by atoms with van der Waals surface area (Å²) >= 11 is 0. The van der Waals surface area contributed by atoms with Gasteiger partial charge >= 0.3 is 0 Å². The van der Waals surface area contributed by atoms with Crippen molar-refractivity contribution in [2.45, 2.75) is 89.3 Å². The van der Waals surface area contributed by atoms with Crippen molar-refractivity contribution in [3.63, 3.8) is 0 Å². The van der Waals surface area contributed by atoms with Crippen LogP contribution in [-0.4, -0.2) is 45.8 Å². The zero-order chi connectivity index (χ0) is 15.1. The summed E-state index contributed by atoms with van der Waals surface area (Å²) in [5, 5.41) is 36.8. The van der Waals surface area contributed by atoms with Gasteiger partial charge in [0.25, 0.3) is 0 Å². The first kappa shape index (κ1) is 19.8. The predicted octanol–water partition coefficient (Wildman–Crippen LogP) is 2.37. The average Bonchev–Trinajstić information content (AvgIpc) is 2.44. The van der Waals surface area contributed by atoms with Crippen LogP contribution in [0.5, 0.6) is 0 Å². The van der Waals surface area contributed by atoms with E-state index in [0.29, 0.717) is 0 Å². The summed E-state index contributed by atoms with van der Waals surface area (Å²) in [6.07, 6.45) is 10.4. The first-order valence-corrected chi connectivity index (χ1v) is 8.28. The molecule has 4 nitrogen and oxygen atoms in total. The lowest BCUT2D eigenvalue weighted by molar-refractivity contribution is 0.131. The minimum atomic E-state index is -0.226. The van der Waals surface area contributed by atoms with Gasteiger partial charge in [0, 0.05) is 13.2 Å². The largest absolute Gasteiger partial charge is 0.396 e. The Hall–Kier alpha value is -0.160. The molecule has 4 N–H and O–H groups in total. The smallest absolute Gasteiger partial charge is 0.0540 e. The van der Waals surface area contributed by atoms with Crippen LogP contribution in [0.2, 0.25) is 0 Å². The zero-order valence-corrected chi connectivity index (χ0v) is 12.8. The number of aliphatic hydroxyl groups is 4. The van der Waals surface area contributed by atoms with Crippen molar-refractivity contribution >= 4 is 0 Å². The summed E-state index contributed by atoms with van der Waals surface area (Å²) in [6.45, 7) is 0.485.